The molecule has 1 aliphatic heterocycles. The molecule has 2 aliphatic rings. The van der Waals surface area contributed by atoms with Gasteiger partial charge in [0.2, 0.25) is 0 Å². The number of para-hydroxylation sites is 1. The Morgan fingerprint density at radius 1 is 1.17 bits per heavy atom. The molecular weight excluding hydrogens is 454 g/mol. The maximum atomic E-state index is 12.9. The largest absolute Gasteiger partial charge is 0.444 e. The number of carbonyl (C=O) groups is 2. The summed E-state index contributed by atoms with van der Waals surface area (Å²) in [5.41, 5.74) is 4.88. The molecule has 1 fully saturated rings. The predicted octanol–water partition coefficient (Wildman–Crippen LogP) is 5.62. The number of H-pyrrole nitrogens is 1. The zero-order chi connectivity index (χ0) is 25.3. The minimum absolute atomic E-state index is 0.170. The average molecular weight is 488 g/mol. The maximum Gasteiger partial charge on any atom is 0.410 e. The van der Waals surface area contributed by atoms with Crippen LogP contribution in [0.2, 0.25) is 0 Å². The van der Waals surface area contributed by atoms with Crippen LogP contribution in [0.25, 0.3) is 11.3 Å². The van der Waals surface area contributed by atoms with Gasteiger partial charge in [-0.25, -0.2) is 9.78 Å². The van der Waals surface area contributed by atoms with E-state index in [0.717, 1.165) is 52.5 Å². The first-order chi connectivity index (χ1) is 17.3. The van der Waals surface area contributed by atoms with Crippen LogP contribution in [0.1, 0.15) is 49.7 Å². The average Bonchev–Trinajstić information content (AvgIpc) is 3.17. The summed E-state index contributed by atoms with van der Waals surface area (Å²) in [5.74, 6) is 1.27. The molecule has 1 aliphatic carbocycles. The van der Waals surface area contributed by atoms with E-state index in [1.807, 2.05) is 63.2 Å². The van der Waals surface area contributed by atoms with Crippen LogP contribution >= 0.6 is 0 Å². The van der Waals surface area contributed by atoms with Gasteiger partial charge < -0.3 is 25.3 Å². The number of aryl methyl sites for hydroxylation is 1. The maximum absolute atomic E-state index is 12.9. The molecule has 8 heteroatoms. The van der Waals surface area contributed by atoms with Crippen molar-refractivity contribution in [3.8, 4) is 11.3 Å². The smallest absolute Gasteiger partial charge is 0.410 e. The minimum atomic E-state index is -0.485. The van der Waals surface area contributed by atoms with Crippen molar-refractivity contribution < 1.29 is 14.3 Å². The lowest BCUT2D eigenvalue weighted by atomic mass is 9.95. The van der Waals surface area contributed by atoms with Crippen molar-refractivity contribution in [2.45, 2.75) is 45.6 Å². The number of Topliss-reactive ketones (excluding diaryl/α,β-unsaturated/α-hetero) is 1. The highest BCUT2D eigenvalue weighted by Crippen LogP contribution is 2.39. The van der Waals surface area contributed by atoms with Crippen LogP contribution in [0.5, 0.6) is 0 Å². The molecule has 36 heavy (non-hydrogen) atoms. The van der Waals surface area contributed by atoms with Crippen LogP contribution < -0.4 is 10.6 Å². The monoisotopic (exact) mass is 487 g/mol. The minimum Gasteiger partial charge on any atom is -0.444 e. The van der Waals surface area contributed by atoms with Crippen molar-refractivity contribution in [3.05, 3.63) is 59.9 Å². The number of fused-ring (bicyclic) bond motifs is 1. The fourth-order valence-corrected chi connectivity index (χ4v) is 4.71. The molecule has 1 saturated heterocycles. The van der Waals surface area contributed by atoms with Crippen molar-refractivity contribution in [1.82, 2.24) is 14.9 Å². The van der Waals surface area contributed by atoms with Crippen molar-refractivity contribution in [3.63, 3.8) is 0 Å². The number of carbonyl (C=O) groups excluding carboxylic acids is 2. The lowest BCUT2D eigenvalue weighted by Crippen LogP contribution is -2.53. The fourth-order valence-electron chi connectivity index (χ4n) is 4.71. The van der Waals surface area contributed by atoms with Gasteiger partial charge in [0.25, 0.3) is 0 Å². The van der Waals surface area contributed by atoms with Crippen LogP contribution in [0.15, 0.2) is 48.7 Å². The van der Waals surface area contributed by atoms with Gasteiger partial charge in [0.15, 0.2) is 5.78 Å². The lowest BCUT2D eigenvalue weighted by molar-refractivity contribution is 0.000831. The van der Waals surface area contributed by atoms with Gasteiger partial charge in [0.05, 0.1) is 16.9 Å². The number of hydrogen-bond donors (Lipinski definition) is 3. The molecule has 188 valence electrons. The molecule has 3 heterocycles. The number of hydrogen-bond acceptors (Lipinski definition) is 6. The second kappa shape index (κ2) is 9.68. The molecule has 0 radical (unpaired) electrons. The molecule has 3 N–H and O–H groups in total. The molecule has 1 amide bonds. The van der Waals surface area contributed by atoms with E-state index in [2.05, 4.69) is 20.6 Å². The third kappa shape index (κ3) is 5.22. The van der Waals surface area contributed by atoms with Crippen molar-refractivity contribution in [1.29, 1.82) is 0 Å². The van der Waals surface area contributed by atoms with Crippen molar-refractivity contribution >= 4 is 29.1 Å². The number of pyridine rings is 1. The number of aromatic nitrogens is 2. The predicted molar refractivity (Wildman–Crippen MR) is 141 cm³/mol. The van der Waals surface area contributed by atoms with Gasteiger partial charge in [-0.15, -0.1) is 0 Å². The molecular formula is C28H33N5O3. The van der Waals surface area contributed by atoms with Crippen LogP contribution in [0.3, 0.4) is 0 Å². The Hall–Kier alpha value is -3.81. The first-order valence-electron chi connectivity index (χ1n) is 12.5. The number of nitrogens with one attached hydrogen (secondary N) is 3. The standard InChI is InChI=1S/C28H33N5O3/c1-28(2,3)36-27(35)33-16-18(17-33)15-30-23-14-19(12-13-29-23)25-26(31-20-8-5-4-6-9-20)24-21(32-25)10-7-11-22(24)34/h4-6,8-9,12-14,18,31-32H,7,10-11,15-17H2,1-3H3,(H,29,30). The number of benzene rings is 1. The summed E-state index contributed by atoms with van der Waals surface area (Å²) in [6, 6.07) is 13.9. The molecule has 0 atom stereocenters. The zero-order valence-corrected chi connectivity index (χ0v) is 21.1. The van der Waals surface area contributed by atoms with Crippen LogP contribution in [-0.4, -0.2) is 52.0 Å². The van der Waals surface area contributed by atoms with Crippen molar-refractivity contribution in [2.75, 3.05) is 30.3 Å². The third-order valence-electron chi connectivity index (χ3n) is 6.46. The van der Waals surface area contributed by atoms with E-state index >= 15 is 0 Å². The van der Waals surface area contributed by atoms with Crippen LogP contribution in [-0.2, 0) is 11.2 Å². The molecule has 5 rings (SSSR count). The number of ketones is 1. The van der Waals surface area contributed by atoms with Gasteiger partial charge in [-0.3, -0.25) is 4.79 Å². The highest BCUT2D eigenvalue weighted by Gasteiger charge is 2.33. The number of anilines is 3. The van der Waals surface area contributed by atoms with Gasteiger partial charge >= 0.3 is 6.09 Å². The summed E-state index contributed by atoms with van der Waals surface area (Å²) in [5, 5.41) is 6.90. The second-order valence-electron chi connectivity index (χ2n) is 10.6. The summed E-state index contributed by atoms with van der Waals surface area (Å²) < 4.78 is 5.43. The van der Waals surface area contributed by atoms with E-state index in [4.69, 9.17) is 4.74 Å². The number of rotatable bonds is 6. The lowest BCUT2D eigenvalue weighted by Gasteiger charge is -2.39. The van der Waals surface area contributed by atoms with Crippen molar-refractivity contribution in [2.24, 2.45) is 5.92 Å². The topological polar surface area (TPSA) is 99.4 Å². The summed E-state index contributed by atoms with van der Waals surface area (Å²) in [7, 11) is 0. The summed E-state index contributed by atoms with van der Waals surface area (Å²) in [6.45, 7) is 7.67. The van der Waals surface area contributed by atoms with E-state index in [-0.39, 0.29) is 11.9 Å². The van der Waals surface area contributed by atoms with E-state index < -0.39 is 5.60 Å². The Morgan fingerprint density at radius 3 is 2.69 bits per heavy atom. The first-order valence-corrected chi connectivity index (χ1v) is 12.5. The normalized spacial score (nSPS) is 15.8. The van der Waals surface area contributed by atoms with Gasteiger partial charge in [-0.05, 0) is 57.9 Å². The van der Waals surface area contributed by atoms with Gasteiger partial charge in [-0.2, -0.15) is 0 Å². The summed E-state index contributed by atoms with van der Waals surface area (Å²) >= 11 is 0. The van der Waals surface area contributed by atoms with E-state index in [9.17, 15) is 9.59 Å². The summed E-state index contributed by atoms with van der Waals surface area (Å²) in [4.78, 5) is 34.8. The Labute approximate surface area is 211 Å². The van der Waals surface area contributed by atoms with Gasteiger partial charge in [-0.1, -0.05) is 18.2 Å². The highest BCUT2D eigenvalue weighted by molar-refractivity contribution is 6.07. The molecule has 2 aromatic heterocycles. The fraction of sp³-hybridized carbons (Fsp3) is 0.393. The SMILES string of the molecule is CC(C)(C)OC(=O)N1CC(CNc2cc(-c3[nH]c4c(c3Nc3ccccc3)C(=O)CCC4)ccn2)C1. The molecule has 0 saturated carbocycles. The number of aromatic amines is 1. The Balaban J connectivity index is 1.30. The molecule has 0 spiro atoms. The Morgan fingerprint density at radius 2 is 1.94 bits per heavy atom. The Kier molecular flexibility index (Phi) is 6.43. The number of nitrogens with zero attached hydrogens (tertiary/aromatic N) is 2. The third-order valence-corrected chi connectivity index (χ3v) is 6.46. The molecule has 0 unspecified atom stereocenters. The van der Waals surface area contributed by atoms with Gasteiger partial charge in [0.1, 0.15) is 11.4 Å². The van der Waals surface area contributed by atoms with E-state index in [1.54, 1.807) is 11.1 Å². The number of ether oxygens (including phenoxy) is 1. The van der Waals surface area contributed by atoms with Crippen LogP contribution in [0, 0.1) is 5.92 Å². The Bertz CT molecular complexity index is 1260. The van der Waals surface area contributed by atoms with E-state index in [1.165, 1.54) is 0 Å². The van der Waals surface area contributed by atoms with E-state index in [0.29, 0.717) is 32.0 Å². The van der Waals surface area contributed by atoms with Crippen LogP contribution in [0.4, 0.5) is 22.0 Å². The first kappa shape index (κ1) is 23.9. The molecule has 1 aromatic carbocycles. The molecule has 8 nitrogen and oxygen atoms in total. The van der Waals surface area contributed by atoms with Gasteiger partial charge in [0, 0.05) is 55.1 Å². The second-order valence-corrected chi connectivity index (χ2v) is 10.6. The quantitative estimate of drug-likeness (QED) is 0.417. The summed E-state index contributed by atoms with van der Waals surface area (Å²) in [6.07, 6.45) is 3.80. The number of likely N-dealkylation sites (tertiary alicyclic amines) is 1. The highest BCUT2D eigenvalue weighted by atomic mass is 16.6. The molecule has 3 aromatic rings. The molecule has 0 bridgehead atoms. The zero-order valence-electron chi connectivity index (χ0n) is 21.1. The number of amides is 1.